The topological polar surface area (TPSA) is 101 Å². The molecule has 162 valence electrons. The highest BCUT2D eigenvalue weighted by Gasteiger charge is 2.21. The van der Waals surface area contributed by atoms with Gasteiger partial charge in [0.2, 0.25) is 10.0 Å². The van der Waals surface area contributed by atoms with Crippen molar-refractivity contribution in [1.82, 2.24) is 19.4 Å². The molecule has 0 saturated carbocycles. The molecule has 2 aromatic rings. The Kier molecular flexibility index (Phi) is 7.04. The zero-order valence-corrected chi connectivity index (χ0v) is 18.2. The number of aromatic nitrogens is 2. The van der Waals surface area contributed by atoms with E-state index in [1.54, 1.807) is 19.9 Å². The van der Waals surface area contributed by atoms with Crippen LogP contribution in [0.5, 0.6) is 0 Å². The number of sulfonamides is 1. The van der Waals surface area contributed by atoms with E-state index in [1.807, 2.05) is 0 Å². The van der Waals surface area contributed by atoms with Crippen LogP contribution in [-0.4, -0.2) is 48.0 Å². The Morgan fingerprint density at radius 2 is 1.80 bits per heavy atom. The lowest BCUT2D eigenvalue weighted by Gasteiger charge is -2.18. The van der Waals surface area contributed by atoms with E-state index >= 15 is 0 Å². The number of hydrogen-bond acceptors (Lipinski definition) is 5. The second-order valence-electron chi connectivity index (χ2n) is 7.25. The van der Waals surface area contributed by atoms with Gasteiger partial charge in [-0.1, -0.05) is 13.8 Å². The molecule has 1 aromatic heterocycles. The molecule has 8 nitrogen and oxygen atoms in total. The normalized spacial score (nSPS) is 13.8. The highest BCUT2D eigenvalue weighted by atomic mass is 32.2. The van der Waals surface area contributed by atoms with Crippen molar-refractivity contribution in [1.29, 1.82) is 0 Å². The Labute approximate surface area is 177 Å². The van der Waals surface area contributed by atoms with Gasteiger partial charge in [-0.2, -0.15) is 9.40 Å². The van der Waals surface area contributed by atoms with Gasteiger partial charge in [0.25, 0.3) is 11.5 Å². The second kappa shape index (κ2) is 9.53. The van der Waals surface area contributed by atoms with E-state index in [2.05, 4.69) is 10.4 Å². The predicted octanol–water partition coefficient (Wildman–Crippen LogP) is 1.58. The first-order valence-corrected chi connectivity index (χ1v) is 11.8. The van der Waals surface area contributed by atoms with Crippen molar-refractivity contribution in [3.8, 4) is 0 Å². The Bertz CT molecular complexity index is 1060. The second-order valence-corrected chi connectivity index (χ2v) is 9.19. The fourth-order valence-electron chi connectivity index (χ4n) is 3.63. The molecule has 0 aliphatic heterocycles. The van der Waals surface area contributed by atoms with E-state index < -0.39 is 10.0 Å². The maximum Gasteiger partial charge on any atom is 0.267 e. The largest absolute Gasteiger partial charge is 0.350 e. The van der Waals surface area contributed by atoms with Gasteiger partial charge in [-0.05, 0) is 55.5 Å². The zero-order chi connectivity index (χ0) is 21.7. The Morgan fingerprint density at radius 1 is 1.13 bits per heavy atom. The first-order valence-electron chi connectivity index (χ1n) is 10.3. The van der Waals surface area contributed by atoms with Gasteiger partial charge in [0.15, 0.2) is 0 Å². The van der Waals surface area contributed by atoms with E-state index in [4.69, 9.17) is 0 Å². The predicted molar refractivity (Wildman–Crippen MR) is 114 cm³/mol. The lowest BCUT2D eigenvalue weighted by molar-refractivity contribution is 0.0951. The monoisotopic (exact) mass is 432 g/mol. The van der Waals surface area contributed by atoms with Crippen molar-refractivity contribution in [2.75, 3.05) is 19.6 Å². The number of carbonyl (C=O) groups excluding carboxylic acids is 1. The minimum absolute atomic E-state index is 0.157. The van der Waals surface area contributed by atoms with E-state index in [1.165, 1.54) is 33.3 Å². The number of fused-ring (bicyclic) bond motifs is 1. The minimum atomic E-state index is -3.55. The molecular formula is C21H28N4O4S. The van der Waals surface area contributed by atoms with Gasteiger partial charge >= 0.3 is 0 Å². The summed E-state index contributed by atoms with van der Waals surface area (Å²) in [6.45, 7) is 4.88. The molecule has 1 aliphatic rings. The molecule has 1 aliphatic carbocycles. The number of benzene rings is 1. The average molecular weight is 433 g/mol. The smallest absolute Gasteiger partial charge is 0.267 e. The van der Waals surface area contributed by atoms with Crippen LogP contribution in [0.2, 0.25) is 0 Å². The summed E-state index contributed by atoms with van der Waals surface area (Å²) in [7, 11) is -3.55. The van der Waals surface area contributed by atoms with Gasteiger partial charge in [0.05, 0.1) is 17.1 Å². The highest BCUT2D eigenvalue weighted by Crippen LogP contribution is 2.17. The first kappa shape index (κ1) is 22.2. The molecule has 1 amide bonds. The number of nitrogens with zero attached hydrogens (tertiary/aromatic N) is 3. The third-order valence-corrected chi connectivity index (χ3v) is 7.41. The molecular weight excluding hydrogens is 404 g/mol. The fourth-order valence-corrected chi connectivity index (χ4v) is 5.09. The Balaban J connectivity index is 1.61. The molecule has 1 aromatic carbocycles. The van der Waals surface area contributed by atoms with Crippen molar-refractivity contribution < 1.29 is 13.2 Å². The van der Waals surface area contributed by atoms with Crippen LogP contribution in [0, 0.1) is 0 Å². The fraction of sp³-hybridized carbons (Fsp3) is 0.476. The van der Waals surface area contributed by atoms with Crippen LogP contribution in [0.4, 0.5) is 0 Å². The molecule has 0 fully saturated rings. The quantitative estimate of drug-likeness (QED) is 0.683. The summed E-state index contributed by atoms with van der Waals surface area (Å²) in [6.07, 6.45) is 3.94. The lowest BCUT2D eigenvalue weighted by Crippen LogP contribution is -2.33. The van der Waals surface area contributed by atoms with Crippen LogP contribution in [0.3, 0.4) is 0 Å². The summed E-state index contributed by atoms with van der Waals surface area (Å²) in [4.78, 5) is 24.7. The van der Waals surface area contributed by atoms with Crippen LogP contribution in [0.15, 0.2) is 40.0 Å². The molecule has 0 atom stereocenters. The molecule has 0 radical (unpaired) electrons. The number of amides is 1. The van der Waals surface area contributed by atoms with E-state index in [0.29, 0.717) is 18.7 Å². The van der Waals surface area contributed by atoms with Crippen molar-refractivity contribution in [3.05, 3.63) is 57.5 Å². The summed E-state index contributed by atoms with van der Waals surface area (Å²) in [5, 5.41) is 7.19. The number of rotatable bonds is 8. The van der Waals surface area contributed by atoms with Crippen LogP contribution >= 0.6 is 0 Å². The third-order valence-electron chi connectivity index (χ3n) is 5.34. The van der Waals surface area contributed by atoms with Gasteiger partial charge in [-0.3, -0.25) is 9.59 Å². The van der Waals surface area contributed by atoms with E-state index in [9.17, 15) is 18.0 Å². The van der Waals surface area contributed by atoms with Crippen molar-refractivity contribution in [3.63, 3.8) is 0 Å². The maximum atomic E-state index is 12.5. The van der Waals surface area contributed by atoms with Gasteiger partial charge < -0.3 is 5.32 Å². The standard InChI is InChI=1S/C21H28N4O4S/c1-3-24(4-2)30(28,29)18-11-9-16(10-12-18)21(27)22-13-14-25-20(26)15-17-7-5-6-8-19(17)23-25/h9-12,15H,3-8,13-14H2,1-2H3,(H,22,27). The Morgan fingerprint density at radius 3 is 2.47 bits per heavy atom. The van der Waals surface area contributed by atoms with Gasteiger partial charge in [0, 0.05) is 31.3 Å². The minimum Gasteiger partial charge on any atom is -0.350 e. The number of aryl methyl sites for hydroxylation is 2. The molecule has 0 spiro atoms. The first-order chi connectivity index (χ1) is 14.4. The third kappa shape index (κ3) is 4.79. The molecule has 30 heavy (non-hydrogen) atoms. The van der Waals surface area contributed by atoms with Crippen LogP contribution in [0.25, 0.3) is 0 Å². The molecule has 9 heteroatoms. The van der Waals surface area contributed by atoms with Crippen LogP contribution < -0.4 is 10.9 Å². The molecule has 0 unspecified atom stereocenters. The van der Waals surface area contributed by atoms with Crippen molar-refractivity contribution in [2.45, 2.75) is 51.0 Å². The average Bonchev–Trinajstić information content (AvgIpc) is 2.74. The van der Waals surface area contributed by atoms with Crippen molar-refractivity contribution in [2.24, 2.45) is 0 Å². The van der Waals surface area contributed by atoms with Gasteiger partial charge in [-0.25, -0.2) is 13.1 Å². The number of nitrogens with one attached hydrogen (secondary N) is 1. The van der Waals surface area contributed by atoms with Gasteiger partial charge in [0.1, 0.15) is 0 Å². The highest BCUT2D eigenvalue weighted by molar-refractivity contribution is 7.89. The SMILES string of the molecule is CCN(CC)S(=O)(=O)c1ccc(C(=O)NCCn2nc3c(cc2=O)CCCC3)cc1. The summed E-state index contributed by atoms with van der Waals surface area (Å²) in [6, 6.07) is 7.53. The van der Waals surface area contributed by atoms with E-state index in [0.717, 1.165) is 36.9 Å². The number of carbonyl (C=O) groups is 1. The summed E-state index contributed by atoms with van der Waals surface area (Å²) < 4.78 is 27.8. The van der Waals surface area contributed by atoms with Gasteiger partial charge in [-0.15, -0.1) is 0 Å². The maximum absolute atomic E-state index is 12.5. The Hall–Kier alpha value is -2.52. The summed E-state index contributed by atoms with van der Waals surface area (Å²) in [5.41, 5.74) is 2.21. The molecule has 1 N–H and O–H groups in total. The van der Waals surface area contributed by atoms with E-state index in [-0.39, 0.29) is 29.5 Å². The van der Waals surface area contributed by atoms with Crippen molar-refractivity contribution >= 4 is 15.9 Å². The summed E-state index contributed by atoms with van der Waals surface area (Å²) in [5.74, 6) is -0.326. The lowest BCUT2D eigenvalue weighted by atomic mass is 9.97. The molecule has 0 bridgehead atoms. The molecule has 1 heterocycles. The molecule has 3 rings (SSSR count). The zero-order valence-electron chi connectivity index (χ0n) is 17.4. The number of hydrogen-bond donors (Lipinski definition) is 1. The molecule has 0 saturated heterocycles. The summed E-state index contributed by atoms with van der Waals surface area (Å²) >= 11 is 0. The van der Waals surface area contributed by atoms with Crippen LogP contribution in [-0.2, 0) is 29.4 Å². The van der Waals surface area contributed by atoms with Crippen LogP contribution in [0.1, 0.15) is 48.3 Å².